The molecule has 2 N–H and O–H groups in total. The average molecular weight is 249 g/mol. The van der Waals surface area contributed by atoms with Crippen LogP contribution in [0.2, 0.25) is 0 Å². The second kappa shape index (κ2) is 4.21. The second-order valence-electron chi connectivity index (χ2n) is 5.91. The lowest BCUT2D eigenvalue weighted by Crippen LogP contribution is -2.12. The first kappa shape index (κ1) is 11.2. The molecular weight excluding hydrogens is 230 g/mol. The van der Waals surface area contributed by atoms with Crippen molar-refractivity contribution in [1.82, 2.24) is 0 Å². The molecule has 4 rings (SSSR count). The minimum Gasteiger partial charge on any atom is -0.327 e. The van der Waals surface area contributed by atoms with Crippen LogP contribution in [0, 0.1) is 11.8 Å². The molecule has 1 nitrogen and oxygen atoms in total. The Balaban J connectivity index is 1.88. The summed E-state index contributed by atoms with van der Waals surface area (Å²) < 4.78 is 0. The highest BCUT2D eigenvalue weighted by Crippen LogP contribution is 2.52. The molecule has 0 spiro atoms. The van der Waals surface area contributed by atoms with Gasteiger partial charge >= 0.3 is 0 Å². The lowest BCUT2D eigenvalue weighted by Gasteiger charge is -2.19. The van der Waals surface area contributed by atoms with Gasteiger partial charge in [0, 0.05) is 6.54 Å². The summed E-state index contributed by atoms with van der Waals surface area (Å²) in [5.74, 6) is 1.54. The molecule has 19 heavy (non-hydrogen) atoms. The van der Waals surface area contributed by atoms with Crippen LogP contribution in [0.25, 0.3) is 16.3 Å². The maximum atomic E-state index is 6.00. The van der Waals surface area contributed by atoms with Gasteiger partial charge in [-0.1, -0.05) is 36.4 Å². The Kier molecular flexibility index (Phi) is 2.49. The maximum absolute atomic E-state index is 6.00. The molecule has 0 radical (unpaired) electrons. The molecule has 2 unspecified atom stereocenters. The molecule has 2 atom stereocenters. The van der Waals surface area contributed by atoms with E-state index in [0.29, 0.717) is 0 Å². The minimum atomic E-state index is 0.739. The van der Waals surface area contributed by atoms with Crippen LogP contribution in [0.5, 0.6) is 0 Å². The molecule has 96 valence electrons. The van der Waals surface area contributed by atoms with Gasteiger partial charge in [0.15, 0.2) is 0 Å². The predicted molar refractivity (Wildman–Crippen MR) is 80.8 cm³/mol. The Morgan fingerprint density at radius 3 is 2.58 bits per heavy atom. The van der Waals surface area contributed by atoms with Gasteiger partial charge in [-0.05, 0) is 64.6 Å². The molecule has 0 saturated heterocycles. The fraction of sp³-hybridized carbons (Fsp3) is 0.333. The molecule has 0 aliphatic heterocycles. The first-order valence-electron chi connectivity index (χ1n) is 7.29. The van der Waals surface area contributed by atoms with Gasteiger partial charge in [0.2, 0.25) is 0 Å². The van der Waals surface area contributed by atoms with Gasteiger partial charge in [0.05, 0.1) is 0 Å². The Hall–Kier alpha value is -1.60. The fourth-order valence-electron chi connectivity index (χ4n) is 4.10. The quantitative estimate of drug-likeness (QED) is 0.856. The number of allylic oxidation sites excluding steroid dienone is 1. The summed E-state index contributed by atoms with van der Waals surface area (Å²) in [5, 5.41) is 2.66. The van der Waals surface area contributed by atoms with E-state index in [1.54, 1.807) is 5.57 Å². The molecule has 1 saturated carbocycles. The first-order chi connectivity index (χ1) is 9.36. The third-order valence-corrected chi connectivity index (χ3v) is 4.96. The predicted octanol–water partition coefficient (Wildman–Crippen LogP) is 3.98. The van der Waals surface area contributed by atoms with Gasteiger partial charge in [-0.25, -0.2) is 0 Å². The van der Waals surface area contributed by atoms with Gasteiger partial charge in [-0.2, -0.15) is 0 Å². The first-order valence-corrected chi connectivity index (χ1v) is 7.29. The van der Waals surface area contributed by atoms with Crippen molar-refractivity contribution in [3.05, 3.63) is 53.6 Å². The van der Waals surface area contributed by atoms with E-state index in [1.807, 2.05) is 0 Å². The number of hydrogen-bond acceptors (Lipinski definition) is 1. The van der Waals surface area contributed by atoms with Gasteiger partial charge in [-0.15, -0.1) is 0 Å². The molecular formula is C18H19N. The van der Waals surface area contributed by atoms with E-state index in [9.17, 15) is 0 Å². The monoisotopic (exact) mass is 249 g/mol. The molecule has 2 aliphatic rings. The van der Waals surface area contributed by atoms with E-state index in [2.05, 4.69) is 42.5 Å². The molecule has 0 aromatic heterocycles. The van der Waals surface area contributed by atoms with Gasteiger partial charge < -0.3 is 5.73 Å². The van der Waals surface area contributed by atoms with Crippen molar-refractivity contribution in [2.45, 2.75) is 19.3 Å². The molecule has 2 aromatic rings. The number of rotatable bonds is 2. The number of hydrogen-bond donors (Lipinski definition) is 1. The van der Waals surface area contributed by atoms with Crippen LogP contribution in [0.3, 0.4) is 0 Å². The number of nitrogens with two attached hydrogens (primary N) is 1. The van der Waals surface area contributed by atoms with E-state index < -0.39 is 0 Å². The number of benzene rings is 2. The lowest BCUT2D eigenvalue weighted by atomic mass is 9.86. The van der Waals surface area contributed by atoms with Crippen LogP contribution in [0.1, 0.15) is 24.8 Å². The van der Waals surface area contributed by atoms with Crippen LogP contribution in [-0.2, 0) is 0 Å². The molecule has 1 fully saturated rings. The normalized spacial score (nSPS) is 25.5. The molecule has 2 bridgehead atoms. The zero-order chi connectivity index (χ0) is 12.8. The smallest absolute Gasteiger partial charge is 0.0145 e. The number of fused-ring (bicyclic) bond motifs is 3. The highest BCUT2D eigenvalue weighted by atomic mass is 14.6. The van der Waals surface area contributed by atoms with Gasteiger partial charge in [-0.3, -0.25) is 0 Å². The van der Waals surface area contributed by atoms with Crippen molar-refractivity contribution in [2.24, 2.45) is 17.6 Å². The molecule has 0 amide bonds. The Labute approximate surface area is 114 Å². The Morgan fingerprint density at radius 2 is 1.74 bits per heavy atom. The third-order valence-electron chi connectivity index (χ3n) is 4.96. The SMILES string of the molecule is NCC1=C(c2ccc3ccccc3c2)C2CCC1C2. The standard InChI is InChI=1S/C18H19N/c19-11-17-14-6-8-16(10-14)18(17)15-7-5-12-3-1-2-4-13(12)9-15/h1-5,7,9,14,16H,6,8,10-11,19H2. The summed E-state index contributed by atoms with van der Waals surface area (Å²) >= 11 is 0. The van der Waals surface area contributed by atoms with Crippen molar-refractivity contribution >= 4 is 16.3 Å². The van der Waals surface area contributed by atoms with Crippen LogP contribution >= 0.6 is 0 Å². The zero-order valence-corrected chi connectivity index (χ0v) is 11.1. The zero-order valence-electron chi connectivity index (χ0n) is 11.1. The summed E-state index contributed by atoms with van der Waals surface area (Å²) in [6, 6.07) is 15.5. The van der Waals surface area contributed by atoms with E-state index in [1.165, 1.54) is 41.2 Å². The summed E-state index contributed by atoms with van der Waals surface area (Å²) in [4.78, 5) is 0. The van der Waals surface area contributed by atoms with E-state index in [0.717, 1.165) is 18.4 Å². The minimum absolute atomic E-state index is 0.739. The average Bonchev–Trinajstić information content (AvgIpc) is 3.07. The van der Waals surface area contributed by atoms with E-state index in [4.69, 9.17) is 5.73 Å². The van der Waals surface area contributed by atoms with Crippen LogP contribution < -0.4 is 5.73 Å². The van der Waals surface area contributed by atoms with Crippen molar-refractivity contribution in [3.8, 4) is 0 Å². The van der Waals surface area contributed by atoms with E-state index in [-0.39, 0.29) is 0 Å². The van der Waals surface area contributed by atoms with E-state index >= 15 is 0 Å². The summed E-state index contributed by atoms with van der Waals surface area (Å²) in [7, 11) is 0. The lowest BCUT2D eigenvalue weighted by molar-refractivity contribution is 0.646. The maximum Gasteiger partial charge on any atom is 0.0145 e. The third kappa shape index (κ3) is 1.65. The van der Waals surface area contributed by atoms with Crippen molar-refractivity contribution in [1.29, 1.82) is 0 Å². The highest BCUT2D eigenvalue weighted by molar-refractivity contribution is 5.87. The van der Waals surface area contributed by atoms with Crippen molar-refractivity contribution in [3.63, 3.8) is 0 Å². The van der Waals surface area contributed by atoms with Gasteiger partial charge in [0.1, 0.15) is 0 Å². The summed E-state index contributed by atoms with van der Waals surface area (Å²) in [5.41, 5.74) is 10.5. The molecule has 0 heterocycles. The Morgan fingerprint density at radius 1 is 0.947 bits per heavy atom. The largest absolute Gasteiger partial charge is 0.327 e. The fourth-order valence-corrected chi connectivity index (χ4v) is 4.10. The summed E-state index contributed by atoms with van der Waals surface area (Å²) in [6.45, 7) is 0.739. The Bertz CT molecular complexity index is 668. The molecule has 2 aliphatic carbocycles. The highest BCUT2D eigenvalue weighted by Gasteiger charge is 2.38. The van der Waals surface area contributed by atoms with Gasteiger partial charge in [0.25, 0.3) is 0 Å². The van der Waals surface area contributed by atoms with Crippen LogP contribution in [0.15, 0.2) is 48.0 Å². The van der Waals surface area contributed by atoms with Crippen LogP contribution in [0.4, 0.5) is 0 Å². The van der Waals surface area contributed by atoms with Crippen molar-refractivity contribution in [2.75, 3.05) is 6.54 Å². The van der Waals surface area contributed by atoms with Crippen molar-refractivity contribution < 1.29 is 0 Å². The topological polar surface area (TPSA) is 26.0 Å². The molecule has 2 aromatic carbocycles. The van der Waals surface area contributed by atoms with Crippen LogP contribution in [-0.4, -0.2) is 6.54 Å². The summed E-state index contributed by atoms with van der Waals surface area (Å²) in [6.07, 6.45) is 4.05. The molecule has 1 heteroatoms. The second-order valence-corrected chi connectivity index (χ2v) is 5.91.